The van der Waals surface area contributed by atoms with Crippen LogP contribution in [0.5, 0.6) is 0 Å². The number of morpholine rings is 1. The Morgan fingerprint density at radius 2 is 2.04 bits per heavy atom. The first-order valence-electron chi connectivity index (χ1n) is 7.91. The number of nitrogens with one attached hydrogen (secondary N) is 2. The largest absolute Gasteiger partial charge is 0.378 e. The first kappa shape index (κ1) is 14.5. The minimum Gasteiger partial charge on any atom is -0.378 e. The SMILES string of the molecule is N#Cc1cc(N2CCOCC2)cc(Nc2ccc3cc[nH]c3c2)n1. The van der Waals surface area contributed by atoms with Crippen LogP contribution in [0.25, 0.3) is 10.9 Å². The van der Waals surface area contributed by atoms with Gasteiger partial charge in [0.2, 0.25) is 0 Å². The third-order valence-electron chi connectivity index (χ3n) is 4.13. The van der Waals surface area contributed by atoms with Gasteiger partial charge in [-0.15, -0.1) is 0 Å². The number of aromatic nitrogens is 2. The molecule has 3 heterocycles. The predicted octanol–water partition coefficient (Wildman–Crippen LogP) is 3.01. The quantitative estimate of drug-likeness (QED) is 0.776. The standard InChI is InChI=1S/C18H17N5O/c19-12-15-9-16(23-5-7-24-8-6-23)11-18(22-15)21-14-2-1-13-3-4-20-17(13)10-14/h1-4,9-11,20H,5-8H2,(H,21,22). The van der Waals surface area contributed by atoms with Gasteiger partial charge in [-0.1, -0.05) is 6.07 Å². The number of aromatic amines is 1. The lowest BCUT2D eigenvalue weighted by atomic mass is 10.2. The fourth-order valence-electron chi connectivity index (χ4n) is 2.92. The number of H-pyrrole nitrogens is 1. The smallest absolute Gasteiger partial charge is 0.144 e. The highest BCUT2D eigenvalue weighted by atomic mass is 16.5. The number of nitrogens with zero attached hydrogens (tertiary/aromatic N) is 3. The van der Waals surface area contributed by atoms with Gasteiger partial charge in [-0.25, -0.2) is 4.98 Å². The summed E-state index contributed by atoms with van der Waals surface area (Å²) in [5, 5.41) is 13.7. The number of nitriles is 1. The van der Waals surface area contributed by atoms with E-state index in [0.29, 0.717) is 24.7 Å². The molecule has 1 fully saturated rings. The van der Waals surface area contributed by atoms with Crippen LogP contribution in [0.1, 0.15) is 5.69 Å². The molecule has 2 aromatic heterocycles. The number of rotatable bonds is 3. The molecule has 0 radical (unpaired) electrons. The first-order chi connectivity index (χ1) is 11.8. The van der Waals surface area contributed by atoms with Crippen LogP contribution in [0, 0.1) is 11.3 Å². The third-order valence-corrected chi connectivity index (χ3v) is 4.13. The predicted molar refractivity (Wildman–Crippen MR) is 93.6 cm³/mol. The van der Waals surface area contributed by atoms with Crippen molar-refractivity contribution in [2.45, 2.75) is 0 Å². The summed E-state index contributed by atoms with van der Waals surface area (Å²) in [5.74, 6) is 0.668. The highest BCUT2D eigenvalue weighted by molar-refractivity contribution is 5.83. The van der Waals surface area contributed by atoms with Crippen LogP contribution < -0.4 is 10.2 Å². The van der Waals surface area contributed by atoms with Crippen LogP contribution in [-0.2, 0) is 4.74 Å². The molecule has 1 aliphatic heterocycles. The van der Waals surface area contributed by atoms with Crippen molar-refractivity contribution in [3.05, 3.63) is 48.3 Å². The zero-order valence-corrected chi connectivity index (χ0v) is 13.1. The van der Waals surface area contributed by atoms with Crippen LogP contribution in [0.2, 0.25) is 0 Å². The maximum Gasteiger partial charge on any atom is 0.144 e. The Kier molecular flexibility index (Phi) is 3.77. The fourth-order valence-corrected chi connectivity index (χ4v) is 2.92. The molecule has 0 amide bonds. The minimum absolute atomic E-state index is 0.405. The van der Waals surface area contributed by atoms with Crippen LogP contribution in [0.15, 0.2) is 42.6 Å². The van der Waals surface area contributed by atoms with Gasteiger partial charge in [0.25, 0.3) is 0 Å². The van der Waals surface area contributed by atoms with Crippen molar-refractivity contribution in [2.75, 3.05) is 36.5 Å². The summed E-state index contributed by atoms with van der Waals surface area (Å²) >= 11 is 0. The van der Waals surface area contributed by atoms with Crippen molar-refractivity contribution in [3.8, 4) is 6.07 Å². The van der Waals surface area contributed by atoms with E-state index in [0.717, 1.165) is 35.4 Å². The zero-order chi connectivity index (χ0) is 16.4. The Balaban J connectivity index is 1.64. The fraction of sp³-hybridized carbons (Fsp3) is 0.222. The second-order valence-corrected chi connectivity index (χ2v) is 5.71. The Labute approximate surface area is 139 Å². The average Bonchev–Trinajstić information content (AvgIpc) is 3.10. The molecule has 0 aliphatic carbocycles. The molecule has 6 nitrogen and oxygen atoms in total. The van der Waals surface area contributed by atoms with Crippen LogP contribution >= 0.6 is 0 Å². The van der Waals surface area contributed by atoms with Gasteiger partial charge in [0.05, 0.1) is 13.2 Å². The molecule has 3 aromatic rings. The maximum atomic E-state index is 9.28. The van der Waals surface area contributed by atoms with Gasteiger partial charge in [0.15, 0.2) is 0 Å². The Morgan fingerprint density at radius 3 is 2.88 bits per heavy atom. The molecule has 1 saturated heterocycles. The number of pyridine rings is 1. The lowest BCUT2D eigenvalue weighted by Gasteiger charge is -2.29. The number of ether oxygens (including phenoxy) is 1. The van der Waals surface area contributed by atoms with E-state index in [1.54, 1.807) is 0 Å². The third kappa shape index (κ3) is 2.90. The van der Waals surface area contributed by atoms with Gasteiger partial charge >= 0.3 is 0 Å². The van der Waals surface area contributed by atoms with Gasteiger partial charge in [-0.2, -0.15) is 5.26 Å². The van der Waals surface area contributed by atoms with E-state index < -0.39 is 0 Å². The molecule has 24 heavy (non-hydrogen) atoms. The molecule has 0 unspecified atom stereocenters. The van der Waals surface area contributed by atoms with E-state index in [1.165, 1.54) is 0 Å². The molecular formula is C18H17N5O. The summed E-state index contributed by atoms with van der Waals surface area (Å²) < 4.78 is 5.40. The second kappa shape index (κ2) is 6.22. The maximum absolute atomic E-state index is 9.28. The van der Waals surface area contributed by atoms with Crippen LogP contribution in [0.3, 0.4) is 0 Å². The van der Waals surface area contributed by atoms with Crippen molar-refractivity contribution in [2.24, 2.45) is 0 Å². The molecule has 6 heteroatoms. The van der Waals surface area contributed by atoms with E-state index in [-0.39, 0.29) is 0 Å². The number of hydrogen-bond donors (Lipinski definition) is 2. The van der Waals surface area contributed by atoms with E-state index in [2.05, 4.69) is 26.3 Å². The minimum atomic E-state index is 0.405. The lowest BCUT2D eigenvalue weighted by Crippen LogP contribution is -2.36. The molecule has 4 rings (SSSR count). The van der Waals surface area contributed by atoms with Gasteiger partial charge in [-0.05, 0) is 29.7 Å². The molecule has 0 atom stereocenters. The normalized spacial score (nSPS) is 14.5. The monoisotopic (exact) mass is 319 g/mol. The zero-order valence-electron chi connectivity index (χ0n) is 13.1. The number of benzene rings is 1. The Hall–Kier alpha value is -3.04. The molecule has 0 saturated carbocycles. The van der Waals surface area contributed by atoms with Gasteiger partial charge in [0.1, 0.15) is 17.6 Å². The summed E-state index contributed by atoms with van der Waals surface area (Å²) in [5.41, 5.74) is 3.39. The van der Waals surface area contributed by atoms with Crippen LogP contribution in [0.4, 0.5) is 17.2 Å². The summed E-state index contributed by atoms with van der Waals surface area (Å²) in [6, 6.07) is 14.1. The van der Waals surface area contributed by atoms with Crippen molar-refractivity contribution in [1.82, 2.24) is 9.97 Å². The molecule has 2 N–H and O–H groups in total. The highest BCUT2D eigenvalue weighted by Gasteiger charge is 2.13. The van der Waals surface area contributed by atoms with Crippen molar-refractivity contribution >= 4 is 28.1 Å². The molecule has 0 spiro atoms. The molecule has 0 bridgehead atoms. The first-order valence-corrected chi connectivity index (χ1v) is 7.91. The van der Waals surface area contributed by atoms with E-state index in [9.17, 15) is 5.26 Å². The topological polar surface area (TPSA) is 77.0 Å². The second-order valence-electron chi connectivity index (χ2n) is 5.71. The van der Waals surface area contributed by atoms with Crippen molar-refractivity contribution in [3.63, 3.8) is 0 Å². The van der Waals surface area contributed by atoms with Crippen molar-refractivity contribution < 1.29 is 4.74 Å². The number of anilines is 3. The lowest BCUT2D eigenvalue weighted by molar-refractivity contribution is 0.122. The molecule has 1 aliphatic rings. The van der Waals surface area contributed by atoms with Crippen LogP contribution in [-0.4, -0.2) is 36.3 Å². The average molecular weight is 319 g/mol. The van der Waals surface area contributed by atoms with E-state index in [4.69, 9.17) is 4.74 Å². The number of hydrogen-bond acceptors (Lipinski definition) is 5. The van der Waals surface area contributed by atoms with E-state index >= 15 is 0 Å². The Bertz CT molecular complexity index is 905. The van der Waals surface area contributed by atoms with E-state index in [1.807, 2.05) is 42.6 Å². The molecule has 120 valence electrons. The Morgan fingerprint density at radius 1 is 1.17 bits per heavy atom. The molecular weight excluding hydrogens is 302 g/mol. The highest BCUT2D eigenvalue weighted by Crippen LogP contribution is 2.25. The van der Waals surface area contributed by atoms with Gasteiger partial charge in [-0.3, -0.25) is 0 Å². The summed E-state index contributed by atoms with van der Waals surface area (Å²) in [4.78, 5) is 9.78. The summed E-state index contributed by atoms with van der Waals surface area (Å²) in [7, 11) is 0. The van der Waals surface area contributed by atoms with Crippen molar-refractivity contribution in [1.29, 1.82) is 5.26 Å². The summed E-state index contributed by atoms with van der Waals surface area (Å²) in [6.07, 6.45) is 1.92. The summed E-state index contributed by atoms with van der Waals surface area (Å²) in [6.45, 7) is 3.05. The van der Waals surface area contributed by atoms with Gasteiger partial charge < -0.3 is 19.9 Å². The molecule has 1 aromatic carbocycles. The van der Waals surface area contributed by atoms with Gasteiger partial charge in [0, 0.05) is 42.2 Å². The number of fused-ring (bicyclic) bond motifs is 1.